The maximum atomic E-state index is 14.0. The van der Waals surface area contributed by atoms with Gasteiger partial charge in [-0.25, -0.2) is 13.4 Å². The Morgan fingerprint density at radius 3 is 2.14 bits per heavy atom. The molecule has 0 bridgehead atoms. The Morgan fingerprint density at radius 1 is 0.932 bits per heavy atom. The predicted octanol–water partition coefficient (Wildman–Crippen LogP) is 3.39. The smallest absolute Gasteiger partial charge is 0.260 e. The number of nitrogens with zero attached hydrogens (tertiary/aromatic N) is 4. The van der Waals surface area contributed by atoms with Crippen molar-refractivity contribution < 1.29 is 36.9 Å². The number of hydrogen-bond donors (Lipinski definition) is 0. The van der Waals surface area contributed by atoms with Crippen LogP contribution < -0.4 is 14.4 Å². The number of fused-ring (bicyclic) bond motifs is 1. The summed E-state index contributed by atoms with van der Waals surface area (Å²) in [5.41, 5.74) is 0.963. The number of carbonyl (C=O) groups excluding carboxylic acids is 1. The van der Waals surface area contributed by atoms with Crippen LogP contribution in [0.2, 0.25) is 0 Å². The van der Waals surface area contributed by atoms with Crippen LogP contribution in [-0.2, 0) is 24.2 Å². The molecule has 0 radical (unpaired) electrons. The number of methoxy groups -OCH3 is 4. The van der Waals surface area contributed by atoms with Gasteiger partial charge in [-0.05, 0) is 42.8 Å². The summed E-state index contributed by atoms with van der Waals surface area (Å²) < 4.78 is 55.6. The summed E-state index contributed by atoms with van der Waals surface area (Å²) >= 11 is 1.35. The van der Waals surface area contributed by atoms with Crippen molar-refractivity contribution in [2.24, 2.45) is 0 Å². The van der Waals surface area contributed by atoms with E-state index in [0.717, 1.165) is 30.8 Å². The lowest BCUT2D eigenvalue weighted by Crippen LogP contribution is -2.39. The number of sulfonamides is 1. The topological polar surface area (TPSA) is 120 Å². The maximum absolute atomic E-state index is 14.0. The van der Waals surface area contributed by atoms with Crippen LogP contribution in [0.4, 0.5) is 5.13 Å². The van der Waals surface area contributed by atoms with Crippen molar-refractivity contribution in [1.29, 1.82) is 0 Å². The molecule has 0 spiro atoms. The molecule has 0 atom stereocenters. The molecule has 0 N–H and O–H groups in total. The molecular formula is C29H41ClN4O8S2. The van der Waals surface area contributed by atoms with Gasteiger partial charge in [0.25, 0.3) is 5.91 Å². The van der Waals surface area contributed by atoms with Crippen molar-refractivity contribution in [1.82, 2.24) is 14.2 Å². The third-order valence-corrected chi connectivity index (χ3v) is 10.2. The molecule has 0 saturated carbocycles. The highest BCUT2D eigenvalue weighted by molar-refractivity contribution is 7.89. The Balaban J connectivity index is 0.00000529. The van der Waals surface area contributed by atoms with Crippen molar-refractivity contribution >= 4 is 55.0 Å². The van der Waals surface area contributed by atoms with Crippen LogP contribution in [-0.4, -0.2) is 123 Å². The number of anilines is 1. The number of benzene rings is 2. The molecular weight excluding hydrogens is 632 g/mol. The van der Waals surface area contributed by atoms with Gasteiger partial charge >= 0.3 is 0 Å². The van der Waals surface area contributed by atoms with Gasteiger partial charge in [-0.2, -0.15) is 4.31 Å². The minimum absolute atomic E-state index is 0. The maximum Gasteiger partial charge on any atom is 0.260 e. The molecule has 1 fully saturated rings. The lowest BCUT2D eigenvalue weighted by atomic mass is 10.2. The zero-order valence-corrected chi connectivity index (χ0v) is 28.0. The number of halogens is 1. The zero-order chi connectivity index (χ0) is 30.8. The highest BCUT2D eigenvalue weighted by Crippen LogP contribution is 2.40. The molecule has 244 valence electrons. The van der Waals surface area contributed by atoms with Gasteiger partial charge in [0.2, 0.25) is 10.0 Å². The standard InChI is InChI=1S/C29H40N4O8S2.ClH/c1-37-18-16-32(17-19-38-2)43(35,36)23-8-6-22(7-9-23)28(34)33(13-5-12-31-14-20-41-21-15-31)29-30-26-24(39-3)10-11-25(40-4)27(26)42-29;/h6-11H,5,12-21H2,1-4H3;1H. The van der Waals surface area contributed by atoms with E-state index in [1.165, 1.54) is 42.0 Å². The summed E-state index contributed by atoms with van der Waals surface area (Å²) in [6, 6.07) is 9.62. The average Bonchev–Trinajstić information content (AvgIpc) is 3.48. The van der Waals surface area contributed by atoms with E-state index in [0.29, 0.717) is 47.5 Å². The van der Waals surface area contributed by atoms with Crippen LogP contribution in [0.1, 0.15) is 16.8 Å². The van der Waals surface area contributed by atoms with E-state index < -0.39 is 10.0 Å². The number of aromatic nitrogens is 1. The molecule has 12 nitrogen and oxygen atoms in total. The predicted molar refractivity (Wildman–Crippen MR) is 172 cm³/mol. The van der Waals surface area contributed by atoms with Crippen molar-refractivity contribution in [2.75, 3.05) is 99.0 Å². The molecule has 0 aliphatic carbocycles. The molecule has 3 aromatic rings. The molecule has 0 unspecified atom stereocenters. The van der Waals surface area contributed by atoms with E-state index in [9.17, 15) is 13.2 Å². The van der Waals surface area contributed by atoms with Crippen LogP contribution in [0, 0.1) is 0 Å². The Hall–Kier alpha value is -2.56. The Morgan fingerprint density at radius 2 is 1.55 bits per heavy atom. The first kappa shape index (κ1) is 35.9. The molecule has 1 aliphatic rings. The third kappa shape index (κ3) is 8.57. The summed E-state index contributed by atoms with van der Waals surface area (Å²) in [5, 5.41) is 0.506. The van der Waals surface area contributed by atoms with Gasteiger partial charge < -0.3 is 23.7 Å². The number of thiazole rings is 1. The number of morpholine rings is 1. The van der Waals surface area contributed by atoms with Gasteiger partial charge in [0, 0.05) is 59.1 Å². The molecule has 1 saturated heterocycles. The average molecular weight is 673 g/mol. The lowest BCUT2D eigenvalue weighted by molar-refractivity contribution is 0.0376. The minimum atomic E-state index is -3.83. The van der Waals surface area contributed by atoms with Crippen LogP contribution >= 0.6 is 23.7 Å². The first-order valence-electron chi connectivity index (χ1n) is 14.1. The Bertz CT molecular complexity index is 1400. The Kier molecular flexibility index (Phi) is 14.1. The van der Waals surface area contributed by atoms with Crippen LogP contribution in [0.5, 0.6) is 11.5 Å². The van der Waals surface area contributed by atoms with Gasteiger partial charge in [0.1, 0.15) is 21.7 Å². The quantitative estimate of drug-likeness (QED) is 0.224. The first-order valence-corrected chi connectivity index (χ1v) is 16.3. The number of hydrogen-bond acceptors (Lipinski definition) is 11. The summed E-state index contributed by atoms with van der Waals surface area (Å²) in [5.74, 6) is 0.944. The molecule has 1 aliphatic heterocycles. The van der Waals surface area contributed by atoms with Crippen molar-refractivity contribution in [3.63, 3.8) is 0 Å². The molecule has 1 amide bonds. The van der Waals surface area contributed by atoms with Crippen molar-refractivity contribution in [3.8, 4) is 11.5 Å². The number of rotatable bonds is 16. The van der Waals surface area contributed by atoms with E-state index in [2.05, 4.69) is 4.90 Å². The second kappa shape index (κ2) is 17.2. The molecule has 2 heterocycles. The second-order valence-electron chi connectivity index (χ2n) is 9.82. The molecule has 4 rings (SSSR count). The highest BCUT2D eigenvalue weighted by atomic mass is 35.5. The zero-order valence-electron chi connectivity index (χ0n) is 25.5. The Labute approximate surface area is 269 Å². The number of carbonyl (C=O) groups is 1. The fraction of sp³-hybridized carbons (Fsp3) is 0.517. The number of amides is 1. The first-order chi connectivity index (χ1) is 20.8. The van der Waals surface area contributed by atoms with E-state index >= 15 is 0 Å². The molecule has 15 heteroatoms. The molecule has 1 aromatic heterocycles. The highest BCUT2D eigenvalue weighted by Gasteiger charge is 2.27. The van der Waals surface area contributed by atoms with Gasteiger partial charge in [-0.1, -0.05) is 11.3 Å². The van der Waals surface area contributed by atoms with Crippen LogP contribution in [0.15, 0.2) is 41.3 Å². The van der Waals surface area contributed by atoms with Crippen LogP contribution in [0.25, 0.3) is 10.2 Å². The van der Waals surface area contributed by atoms with Gasteiger partial charge in [-0.3, -0.25) is 14.6 Å². The SMILES string of the molecule is COCCN(CCOC)S(=O)(=O)c1ccc(C(=O)N(CCCN2CCOCC2)c2nc3c(OC)ccc(OC)c3s2)cc1.Cl. The largest absolute Gasteiger partial charge is 0.495 e. The minimum Gasteiger partial charge on any atom is -0.495 e. The van der Waals surface area contributed by atoms with Gasteiger partial charge in [0.15, 0.2) is 5.13 Å². The van der Waals surface area contributed by atoms with E-state index in [4.69, 9.17) is 28.7 Å². The second-order valence-corrected chi connectivity index (χ2v) is 12.7. The summed E-state index contributed by atoms with van der Waals surface area (Å²) in [6.07, 6.45) is 0.719. The van der Waals surface area contributed by atoms with Gasteiger partial charge in [-0.15, -0.1) is 12.4 Å². The fourth-order valence-corrected chi connectivity index (χ4v) is 7.27. The third-order valence-electron chi connectivity index (χ3n) is 7.16. The molecule has 44 heavy (non-hydrogen) atoms. The fourth-order valence-electron chi connectivity index (χ4n) is 4.76. The van der Waals surface area contributed by atoms with E-state index in [-0.39, 0.29) is 49.5 Å². The van der Waals surface area contributed by atoms with Crippen molar-refractivity contribution in [2.45, 2.75) is 11.3 Å². The van der Waals surface area contributed by atoms with Crippen molar-refractivity contribution in [3.05, 3.63) is 42.0 Å². The summed E-state index contributed by atoms with van der Waals surface area (Å²) in [6.45, 7) is 5.19. The lowest BCUT2D eigenvalue weighted by Gasteiger charge is -2.27. The monoisotopic (exact) mass is 672 g/mol. The van der Waals surface area contributed by atoms with E-state index in [1.54, 1.807) is 37.3 Å². The van der Waals surface area contributed by atoms with E-state index in [1.807, 2.05) is 6.07 Å². The number of ether oxygens (including phenoxy) is 5. The summed E-state index contributed by atoms with van der Waals surface area (Å²) in [4.78, 5) is 22.8. The molecule has 2 aromatic carbocycles. The summed E-state index contributed by atoms with van der Waals surface area (Å²) in [7, 11) is 2.38. The van der Waals surface area contributed by atoms with Gasteiger partial charge in [0.05, 0.1) is 45.5 Å². The van der Waals surface area contributed by atoms with Crippen LogP contribution in [0.3, 0.4) is 0 Å². The normalized spacial score (nSPS) is 14.0.